The number of aromatic nitrogens is 1. The number of anilines is 1. The van der Waals surface area contributed by atoms with Crippen LogP contribution in [0.2, 0.25) is 0 Å². The number of carbonyl (C=O) groups is 1. The molecule has 198 valence electrons. The van der Waals surface area contributed by atoms with Crippen molar-refractivity contribution in [2.45, 2.75) is 68.9 Å². The van der Waals surface area contributed by atoms with Crippen LogP contribution in [0.5, 0.6) is 0 Å². The topological polar surface area (TPSA) is 147 Å². The summed E-state index contributed by atoms with van der Waals surface area (Å²) >= 11 is 0. The van der Waals surface area contributed by atoms with Crippen molar-refractivity contribution >= 4 is 37.3 Å². The number of aliphatic hydroxyl groups is 1. The Morgan fingerprint density at radius 2 is 1.72 bits per heavy atom. The smallest absolute Gasteiger partial charge is 0.278 e. The lowest BCUT2D eigenvalue weighted by Gasteiger charge is -2.28. The molecule has 0 aliphatic carbocycles. The molecule has 1 aliphatic rings. The molecule has 10 nitrogen and oxygen atoms in total. The number of rotatable bonds is 13. The number of nitrogens with one attached hydrogen (secondary N) is 1. The van der Waals surface area contributed by atoms with E-state index >= 15 is 0 Å². The van der Waals surface area contributed by atoms with Crippen molar-refractivity contribution in [3.63, 3.8) is 0 Å². The third-order valence-corrected chi connectivity index (χ3v) is 9.46. The number of likely N-dealkylation sites (N-methyl/N-ethyl adjacent to an activating group) is 1. The van der Waals surface area contributed by atoms with Gasteiger partial charge in [0.25, 0.3) is 15.9 Å². The first-order valence-electron chi connectivity index (χ1n) is 12.1. The second kappa shape index (κ2) is 11.9. The van der Waals surface area contributed by atoms with Gasteiger partial charge in [-0.05, 0) is 18.6 Å². The lowest BCUT2D eigenvalue weighted by Crippen LogP contribution is -2.37. The molecule has 0 saturated carbocycles. The van der Waals surface area contributed by atoms with E-state index in [1.54, 1.807) is 6.07 Å². The molecule has 0 spiro atoms. The number of sulfone groups is 1. The van der Waals surface area contributed by atoms with Crippen LogP contribution in [0.4, 0.5) is 5.82 Å². The minimum absolute atomic E-state index is 0.00800. The summed E-state index contributed by atoms with van der Waals surface area (Å²) in [5.41, 5.74) is -0.478. The SMILES string of the molecule is CCCCCCCCCCS(=O)(=O)Cc1cc(NC(=O)C2=C(O)c3ccccc3S(=O)(=O)N2C)no1. The normalized spacial score (nSPS) is 15.1. The molecule has 0 bridgehead atoms. The van der Waals surface area contributed by atoms with Gasteiger partial charge in [0.2, 0.25) is 0 Å². The Labute approximate surface area is 212 Å². The predicted molar refractivity (Wildman–Crippen MR) is 136 cm³/mol. The zero-order valence-electron chi connectivity index (χ0n) is 20.6. The average molecular weight is 540 g/mol. The van der Waals surface area contributed by atoms with E-state index in [0.717, 1.165) is 26.3 Å². The van der Waals surface area contributed by atoms with Gasteiger partial charge < -0.3 is 14.9 Å². The second-order valence-electron chi connectivity index (χ2n) is 8.87. The number of benzene rings is 1. The molecule has 12 heteroatoms. The van der Waals surface area contributed by atoms with E-state index < -0.39 is 37.2 Å². The number of unbranched alkanes of at least 4 members (excludes halogenated alkanes) is 7. The zero-order chi connectivity index (χ0) is 26.3. The maximum absolute atomic E-state index is 12.8. The Bertz CT molecular complexity index is 1310. The Balaban J connectivity index is 1.58. The van der Waals surface area contributed by atoms with E-state index in [-0.39, 0.29) is 33.5 Å². The number of nitrogens with zero attached hydrogens (tertiary/aromatic N) is 2. The van der Waals surface area contributed by atoms with Crippen molar-refractivity contribution < 1.29 is 31.3 Å². The summed E-state index contributed by atoms with van der Waals surface area (Å²) in [6.45, 7) is 2.17. The van der Waals surface area contributed by atoms with Gasteiger partial charge >= 0.3 is 0 Å². The molecule has 0 unspecified atom stereocenters. The summed E-state index contributed by atoms with van der Waals surface area (Å²) in [6, 6.07) is 7.07. The Kier molecular flexibility index (Phi) is 9.18. The quantitative estimate of drug-likeness (QED) is 0.360. The van der Waals surface area contributed by atoms with Crippen LogP contribution in [0.25, 0.3) is 5.76 Å². The number of hydrogen-bond donors (Lipinski definition) is 2. The number of hydrogen-bond acceptors (Lipinski definition) is 8. The van der Waals surface area contributed by atoms with Crippen molar-refractivity contribution in [2.75, 3.05) is 18.1 Å². The number of sulfonamides is 1. The molecule has 2 heterocycles. The molecule has 1 amide bonds. The van der Waals surface area contributed by atoms with Gasteiger partial charge in [-0.25, -0.2) is 16.8 Å². The molecular weight excluding hydrogens is 506 g/mol. The van der Waals surface area contributed by atoms with E-state index in [4.69, 9.17) is 4.52 Å². The molecule has 0 radical (unpaired) electrons. The zero-order valence-corrected chi connectivity index (χ0v) is 22.2. The monoisotopic (exact) mass is 539 g/mol. The molecule has 2 N–H and O–H groups in total. The van der Waals surface area contributed by atoms with Gasteiger partial charge in [-0.1, -0.05) is 69.2 Å². The Morgan fingerprint density at radius 3 is 2.42 bits per heavy atom. The van der Waals surface area contributed by atoms with E-state index in [9.17, 15) is 26.7 Å². The fraction of sp³-hybridized carbons (Fsp3) is 0.500. The van der Waals surface area contributed by atoms with Crippen LogP contribution in [0, 0.1) is 0 Å². The van der Waals surface area contributed by atoms with E-state index in [1.807, 2.05) is 0 Å². The fourth-order valence-electron chi connectivity index (χ4n) is 4.04. The second-order valence-corrected chi connectivity index (χ2v) is 13.0. The van der Waals surface area contributed by atoms with Crippen LogP contribution in [-0.2, 0) is 30.4 Å². The number of fused-ring (bicyclic) bond motifs is 1. The Morgan fingerprint density at radius 1 is 1.08 bits per heavy atom. The average Bonchev–Trinajstić information content (AvgIpc) is 3.25. The van der Waals surface area contributed by atoms with Crippen LogP contribution in [0.15, 0.2) is 45.4 Å². The molecule has 1 aliphatic heterocycles. The highest BCUT2D eigenvalue weighted by molar-refractivity contribution is 7.90. The largest absolute Gasteiger partial charge is 0.505 e. The molecule has 0 fully saturated rings. The molecule has 36 heavy (non-hydrogen) atoms. The summed E-state index contributed by atoms with van der Waals surface area (Å²) in [5, 5.41) is 16.6. The van der Waals surface area contributed by atoms with E-state index in [0.29, 0.717) is 10.7 Å². The number of carbonyl (C=O) groups excluding carboxylic acids is 1. The van der Waals surface area contributed by atoms with Gasteiger partial charge in [0.15, 0.2) is 32.9 Å². The van der Waals surface area contributed by atoms with Crippen LogP contribution in [0.1, 0.15) is 69.6 Å². The lowest BCUT2D eigenvalue weighted by atomic mass is 10.1. The maximum atomic E-state index is 12.8. The van der Waals surface area contributed by atoms with Crippen LogP contribution >= 0.6 is 0 Å². The summed E-state index contributed by atoms with van der Waals surface area (Å²) in [4.78, 5) is 12.7. The van der Waals surface area contributed by atoms with Gasteiger partial charge in [-0.2, -0.15) is 0 Å². The highest BCUT2D eigenvalue weighted by atomic mass is 32.2. The number of amides is 1. The van der Waals surface area contributed by atoms with Gasteiger partial charge in [-0.3, -0.25) is 9.10 Å². The van der Waals surface area contributed by atoms with Crippen LogP contribution in [0.3, 0.4) is 0 Å². The van der Waals surface area contributed by atoms with Crippen LogP contribution in [-0.4, -0.2) is 50.1 Å². The maximum Gasteiger partial charge on any atom is 0.278 e. The van der Waals surface area contributed by atoms with E-state index in [2.05, 4.69) is 17.4 Å². The summed E-state index contributed by atoms with van der Waals surface area (Å²) in [7, 11) is -6.31. The third kappa shape index (κ3) is 6.67. The predicted octanol–water partition coefficient (Wildman–Crippen LogP) is 4.23. The summed E-state index contributed by atoms with van der Waals surface area (Å²) < 4.78 is 56.2. The highest BCUT2D eigenvalue weighted by Crippen LogP contribution is 2.34. The standard InChI is InChI=1S/C24H33N3O7S2/c1-3-4-5-6-7-8-9-12-15-35(30,31)17-18-16-21(26-34-18)25-24(29)22-23(28)19-13-10-11-14-20(19)36(32,33)27(22)2/h10-11,13-14,16,28H,3-9,12,15,17H2,1-2H3,(H,25,26,29). The van der Waals surface area contributed by atoms with Crippen molar-refractivity contribution in [3.05, 3.63) is 47.4 Å². The number of aliphatic hydroxyl groups excluding tert-OH is 1. The first-order valence-corrected chi connectivity index (χ1v) is 15.3. The lowest BCUT2D eigenvalue weighted by molar-refractivity contribution is -0.113. The molecule has 2 aromatic rings. The molecule has 1 aromatic heterocycles. The van der Waals surface area contributed by atoms with Crippen molar-refractivity contribution in [1.82, 2.24) is 9.46 Å². The molecule has 0 saturated heterocycles. The van der Waals surface area contributed by atoms with Crippen LogP contribution < -0.4 is 5.32 Å². The van der Waals surface area contributed by atoms with Crippen molar-refractivity contribution in [1.29, 1.82) is 0 Å². The van der Waals surface area contributed by atoms with E-state index in [1.165, 1.54) is 49.9 Å². The van der Waals surface area contributed by atoms with Crippen molar-refractivity contribution in [3.8, 4) is 0 Å². The first-order chi connectivity index (χ1) is 17.1. The van der Waals surface area contributed by atoms with Gasteiger partial charge in [0, 0.05) is 18.7 Å². The third-order valence-electron chi connectivity index (χ3n) is 6.01. The molecule has 0 atom stereocenters. The molecule has 3 rings (SSSR count). The van der Waals surface area contributed by atoms with Gasteiger partial charge in [-0.15, -0.1) is 0 Å². The van der Waals surface area contributed by atoms with Gasteiger partial charge in [0.05, 0.1) is 10.6 Å². The van der Waals surface area contributed by atoms with Crippen molar-refractivity contribution in [2.24, 2.45) is 0 Å². The van der Waals surface area contributed by atoms with Gasteiger partial charge in [0.1, 0.15) is 5.75 Å². The summed E-state index contributed by atoms with van der Waals surface area (Å²) in [6.07, 6.45) is 8.36. The first kappa shape index (κ1) is 27.7. The minimum Gasteiger partial charge on any atom is -0.505 e. The highest BCUT2D eigenvalue weighted by Gasteiger charge is 2.38. The molecule has 1 aromatic carbocycles. The summed E-state index contributed by atoms with van der Waals surface area (Å²) in [5.74, 6) is -1.80. The Hall–Kier alpha value is -2.86. The minimum atomic E-state index is -4.05. The molecular formula is C24H33N3O7S2. The fourth-order valence-corrected chi connectivity index (χ4v) is 6.80.